The van der Waals surface area contributed by atoms with Crippen LogP contribution in [0, 0.1) is 0 Å². The third-order valence-corrected chi connectivity index (χ3v) is 10.3. The number of fused-ring (bicyclic) bond motifs is 8. The molecule has 5 nitrogen and oxygen atoms in total. The first-order valence-corrected chi connectivity index (χ1v) is 17.5. The molecule has 52 heavy (non-hydrogen) atoms. The lowest BCUT2D eigenvalue weighted by Gasteiger charge is -2.23. The monoisotopic (exact) mass is 667 g/mol. The van der Waals surface area contributed by atoms with Crippen molar-refractivity contribution in [2.24, 2.45) is 9.98 Å². The van der Waals surface area contributed by atoms with Crippen LogP contribution in [0.3, 0.4) is 0 Å². The molecule has 10 aromatic rings. The van der Waals surface area contributed by atoms with Gasteiger partial charge in [-0.25, -0.2) is 9.98 Å². The van der Waals surface area contributed by atoms with Crippen LogP contribution < -0.4 is 5.32 Å². The second-order valence-corrected chi connectivity index (χ2v) is 13.4. The van der Waals surface area contributed by atoms with Crippen LogP contribution in [0.5, 0.6) is 0 Å². The molecule has 1 aliphatic rings. The van der Waals surface area contributed by atoms with E-state index in [-0.39, 0.29) is 0 Å². The summed E-state index contributed by atoms with van der Waals surface area (Å²) in [6, 6.07) is 56.9. The molecule has 0 spiro atoms. The number of nitrogens with one attached hydrogen (secondary N) is 1. The minimum absolute atomic E-state index is 0.510. The third-order valence-electron chi connectivity index (χ3n) is 10.3. The lowest BCUT2D eigenvalue weighted by atomic mass is 9.98. The van der Waals surface area contributed by atoms with Crippen molar-refractivity contribution in [3.8, 4) is 11.1 Å². The molecule has 11 rings (SSSR count). The summed E-state index contributed by atoms with van der Waals surface area (Å²) in [5.41, 5.74) is 8.40. The molecular formula is C47H29N3O2. The zero-order valence-electron chi connectivity index (χ0n) is 27.9. The number of hydrogen-bond donors (Lipinski definition) is 1. The highest BCUT2D eigenvalue weighted by Crippen LogP contribution is 2.41. The summed E-state index contributed by atoms with van der Waals surface area (Å²) in [5, 5.41) is 12.6. The largest absolute Gasteiger partial charge is 0.456 e. The molecule has 0 saturated heterocycles. The standard InChI is InChI=1S/C47H29N3O2/c1-3-11-30-25-33(21-19-28(30)9-1)45-48-46(34-22-20-29-10-2-4-12-31(29)26-34)50-47(49-45)39-16-8-18-41-43(39)38-15-7-14-35(44(38)52-41)32-23-24-37-36-13-5-6-17-40(36)51-42(37)27-32/h1-27,47H,(H,48,49,50). The Morgan fingerprint density at radius 2 is 1.02 bits per heavy atom. The van der Waals surface area contributed by atoms with E-state index in [1.807, 2.05) is 30.3 Å². The molecule has 0 fully saturated rings. The molecule has 5 heteroatoms. The van der Waals surface area contributed by atoms with Gasteiger partial charge in [-0.2, -0.15) is 0 Å². The topological polar surface area (TPSA) is 63.0 Å². The number of nitrogens with zero attached hydrogens (tertiary/aromatic N) is 2. The Morgan fingerprint density at radius 1 is 0.423 bits per heavy atom. The number of aliphatic imine (C=N–C) groups is 2. The van der Waals surface area contributed by atoms with Gasteiger partial charge < -0.3 is 14.2 Å². The molecule has 244 valence electrons. The van der Waals surface area contributed by atoms with E-state index >= 15 is 0 Å². The first kappa shape index (κ1) is 28.8. The minimum Gasteiger partial charge on any atom is -0.456 e. The summed E-state index contributed by atoms with van der Waals surface area (Å²) in [6.07, 6.45) is -0.510. The molecule has 3 heterocycles. The van der Waals surface area contributed by atoms with Crippen molar-refractivity contribution in [2.75, 3.05) is 0 Å². The van der Waals surface area contributed by atoms with Gasteiger partial charge in [0, 0.05) is 43.8 Å². The second-order valence-electron chi connectivity index (χ2n) is 13.4. The van der Waals surface area contributed by atoms with Crippen molar-refractivity contribution in [2.45, 2.75) is 6.17 Å². The van der Waals surface area contributed by atoms with E-state index in [2.05, 4.69) is 139 Å². The van der Waals surface area contributed by atoms with Crippen LogP contribution in [0.25, 0.3) is 76.5 Å². The smallest absolute Gasteiger partial charge is 0.170 e. The number of hydrogen-bond acceptors (Lipinski definition) is 5. The molecule has 1 N–H and O–H groups in total. The fourth-order valence-corrected chi connectivity index (χ4v) is 7.77. The zero-order chi connectivity index (χ0) is 34.2. The van der Waals surface area contributed by atoms with E-state index < -0.39 is 6.17 Å². The summed E-state index contributed by atoms with van der Waals surface area (Å²) in [7, 11) is 0. The molecule has 0 bridgehead atoms. The van der Waals surface area contributed by atoms with Crippen LogP contribution in [0.1, 0.15) is 22.9 Å². The van der Waals surface area contributed by atoms with E-state index in [1.54, 1.807) is 0 Å². The summed E-state index contributed by atoms with van der Waals surface area (Å²) in [5.74, 6) is 1.55. The fourth-order valence-electron chi connectivity index (χ4n) is 7.77. The normalized spacial score (nSPS) is 13.7. The number of furan rings is 2. The van der Waals surface area contributed by atoms with Gasteiger partial charge in [-0.15, -0.1) is 0 Å². The van der Waals surface area contributed by atoms with Gasteiger partial charge in [-0.05, 0) is 63.5 Å². The van der Waals surface area contributed by atoms with Gasteiger partial charge >= 0.3 is 0 Å². The Hall–Kier alpha value is -6.98. The third kappa shape index (κ3) is 4.56. The Balaban J connectivity index is 1.09. The molecule has 0 unspecified atom stereocenters. The highest BCUT2D eigenvalue weighted by Gasteiger charge is 2.25. The summed E-state index contributed by atoms with van der Waals surface area (Å²) in [6.45, 7) is 0. The molecule has 0 radical (unpaired) electrons. The van der Waals surface area contributed by atoms with Crippen LogP contribution in [0.2, 0.25) is 0 Å². The van der Waals surface area contributed by atoms with Crippen molar-refractivity contribution < 1.29 is 8.83 Å². The van der Waals surface area contributed by atoms with Crippen molar-refractivity contribution >= 4 is 77.1 Å². The van der Waals surface area contributed by atoms with Crippen LogP contribution in [0.4, 0.5) is 0 Å². The molecule has 0 saturated carbocycles. The van der Waals surface area contributed by atoms with Gasteiger partial charge in [0.1, 0.15) is 34.0 Å². The Kier molecular flexibility index (Phi) is 6.25. The van der Waals surface area contributed by atoms with Gasteiger partial charge in [0.25, 0.3) is 0 Å². The van der Waals surface area contributed by atoms with Crippen molar-refractivity contribution in [1.29, 1.82) is 0 Å². The maximum atomic E-state index is 6.72. The van der Waals surface area contributed by atoms with Crippen LogP contribution in [0.15, 0.2) is 183 Å². The van der Waals surface area contributed by atoms with Gasteiger partial charge in [0.15, 0.2) is 6.17 Å². The van der Waals surface area contributed by atoms with E-state index in [0.717, 1.165) is 94.1 Å². The number of para-hydroxylation sites is 2. The van der Waals surface area contributed by atoms with Crippen molar-refractivity contribution in [3.05, 3.63) is 180 Å². The van der Waals surface area contributed by atoms with Gasteiger partial charge in [-0.3, -0.25) is 0 Å². The summed E-state index contributed by atoms with van der Waals surface area (Å²) in [4.78, 5) is 10.6. The second kappa shape index (κ2) is 11.3. The van der Waals surface area contributed by atoms with Crippen molar-refractivity contribution in [3.63, 3.8) is 0 Å². The average molecular weight is 668 g/mol. The van der Waals surface area contributed by atoms with E-state index in [0.29, 0.717) is 0 Å². The van der Waals surface area contributed by atoms with Gasteiger partial charge in [0.05, 0.1) is 0 Å². The maximum absolute atomic E-state index is 6.72. The van der Waals surface area contributed by atoms with E-state index in [1.165, 1.54) is 10.8 Å². The first-order chi connectivity index (χ1) is 25.7. The van der Waals surface area contributed by atoms with Gasteiger partial charge in [0.2, 0.25) is 0 Å². The predicted molar refractivity (Wildman–Crippen MR) is 213 cm³/mol. The fraction of sp³-hybridized carbons (Fsp3) is 0.0213. The molecule has 1 aliphatic heterocycles. The van der Waals surface area contributed by atoms with E-state index in [4.69, 9.17) is 18.8 Å². The summed E-state index contributed by atoms with van der Waals surface area (Å²) >= 11 is 0. The highest BCUT2D eigenvalue weighted by atomic mass is 16.3. The number of benzene rings is 8. The predicted octanol–water partition coefficient (Wildman–Crippen LogP) is 12.0. The van der Waals surface area contributed by atoms with Crippen LogP contribution >= 0.6 is 0 Å². The van der Waals surface area contributed by atoms with Crippen LogP contribution in [-0.4, -0.2) is 11.7 Å². The van der Waals surface area contributed by atoms with Crippen molar-refractivity contribution in [1.82, 2.24) is 5.32 Å². The minimum atomic E-state index is -0.510. The lowest BCUT2D eigenvalue weighted by molar-refractivity contribution is 0.667. The highest BCUT2D eigenvalue weighted by molar-refractivity contribution is 6.18. The summed E-state index contributed by atoms with van der Waals surface area (Å²) < 4.78 is 13.0. The first-order valence-electron chi connectivity index (χ1n) is 17.5. The average Bonchev–Trinajstić information content (AvgIpc) is 3.78. The van der Waals surface area contributed by atoms with Crippen LogP contribution in [-0.2, 0) is 0 Å². The lowest BCUT2D eigenvalue weighted by Crippen LogP contribution is -2.36. The number of rotatable bonds is 4. The van der Waals surface area contributed by atoms with E-state index in [9.17, 15) is 0 Å². The molecule has 0 aliphatic carbocycles. The molecular weight excluding hydrogens is 639 g/mol. The number of amidine groups is 2. The molecule has 8 aromatic carbocycles. The molecule has 0 atom stereocenters. The molecule has 2 aromatic heterocycles. The Morgan fingerprint density at radius 3 is 1.77 bits per heavy atom. The van der Waals surface area contributed by atoms with Gasteiger partial charge in [-0.1, -0.05) is 127 Å². The maximum Gasteiger partial charge on any atom is 0.170 e. The zero-order valence-corrected chi connectivity index (χ0v) is 27.9. The SMILES string of the molecule is c1ccc2cc(C3=NC(c4cccc5oc6c(-c7ccc8c(c7)oc7ccccc78)cccc6c45)N=C(c4ccc5ccccc5c4)N3)ccc2c1. The quantitative estimate of drug-likeness (QED) is 0.203. The Bertz CT molecular complexity index is 3030. The molecule has 0 amide bonds. The Labute approximate surface area is 298 Å².